The van der Waals surface area contributed by atoms with E-state index in [0.29, 0.717) is 11.9 Å². The molecule has 0 spiro atoms. The highest BCUT2D eigenvalue weighted by Gasteiger charge is 2.20. The molecule has 0 saturated carbocycles. The molecule has 1 unspecified atom stereocenters. The van der Waals surface area contributed by atoms with E-state index in [1.165, 1.54) is 17.7 Å². The quantitative estimate of drug-likeness (QED) is 0.558. The van der Waals surface area contributed by atoms with Crippen molar-refractivity contribution in [2.45, 2.75) is 25.4 Å². The van der Waals surface area contributed by atoms with E-state index in [0.717, 1.165) is 56.2 Å². The molecule has 2 aliphatic heterocycles. The van der Waals surface area contributed by atoms with Gasteiger partial charge in [-0.1, -0.05) is 6.07 Å². The monoisotopic (exact) mass is 370 g/mol. The first-order valence-electron chi connectivity index (χ1n) is 9.39. The van der Waals surface area contributed by atoms with Crippen LogP contribution in [-0.4, -0.2) is 44.7 Å². The van der Waals surface area contributed by atoms with Crippen LogP contribution in [0.1, 0.15) is 23.3 Å². The largest absolute Gasteiger partial charge is 0.376 e. The van der Waals surface area contributed by atoms with Gasteiger partial charge < -0.3 is 20.3 Å². The molecule has 1 saturated heterocycles. The molecule has 1 atom stereocenters. The molecule has 4 rings (SSSR count). The van der Waals surface area contributed by atoms with Gasteiger partial charge in [-0.25, -0.2) is 0 Å². The smallest absolute Gasteiger partial charge is 0.140 e. The first-order chi connectivity index (χ1) is 12.8. The highest BCUT2D eigenvalue weighted by atomic mass is 32.1. The van der Waals surface area contributed by atoms with Crippen LogP contribution < -0.4 is 15.5 Å². The normalized spacial score (nSPS) is 19.8. The second kappa shape index (κ2) is 8.20. The molecule has 1 aromatic heterocycles. The van der Waals surface area contributed by atoms with Crippen molar-refractivity contribution < 1.29 is 4.74 Å². The number of nitrogens with one attached hydrogen (secondary N) is 3. The summed E-state index contributed by atoms with van der Waals surface area (Å²) in [5.74, 6) is 0.467. The molecule has 26 heavy (non-hydrogen) atoms. The standard InChI is InChI=1S/C20H26N4OS/c21-20(19-4-2-12-26-19)23-16-5-6-18-15(13-16)3-1-9-24(18)10-7-17-14-22-8-11-25-17/h2,4-6,12-13,17,22H,1,3,7-11,14H2,(H2,21,23). The molecule has 1 aromatic carbocycles. The van der Waals surface area contributed by atoms with Crippen molar-refractivity contribution in [3.63, 3.8) is 0 Å². The zero-order chi connectivity index (χ0) is 17.8. The van der Waals surface area contributed by atoms with Crippen LogP contribution >= 0.6 is 11.3 Å². The molecule has 6 heteroatoms. The SMILES string of the molecule is N=C(Nc1ccc2c(c1)CCCN2CCC1CNCCO1)c1cccs1. The third-order valence-corrected chi connectivity index (χ3v) is 5.94. The van der Waals surface area contributed by atoms with Crippen LogP contribution in [0.2, 0.25) is 0 Å². The van der Waals surface area contributed by atoms with Gasteiger partial charge in [-0.05, 0) is 54.5 Å². The highest BCUT2D eigenvalue weighted by Crippen LogP contribution is 2.30. The molecule has 0 amide bonds. The number of benzene rings is 1. The van der Waals surface area contributed by atoms with Crippen LogP contribution in [0, 0.1) is 5.41 Å². The zero-order valence-electron chi connectivity index (χ0n) is 15.0. The number of amidine groups is 1. The summed E-state index contributed by atoms with van der Waals surface area (Å²) in [6, 6.07) is 10.5. The predicted octanol–water partition coefficient (Wildman–Crippen LogP) is 3.32. The molecule has 2 aliphatic rings. The van der Waals surface area contributed by atoms with Crippen LogP contribution in [0.4, 0.5) is 11.4 Å². The number of morpholine rings is 1. The molecule has 3 N–H and O–H groups in total. The summed E-state index contributed by atoms with van der Waals surface area (Å²) in [7, 11) is 0. The average Bonchev–Trinajstić information content (AvgIpc) is 3.22. The molecule has 2 aromatic rings. The van der Waals surface area contributed by atoms with E-state index in [9.17, 15) is 0 Å². The fourth-order valence-corrected chi connectivity index (χ4v) is 4.35. The lowest BCUT2D eigenvalue weighted by atomic mass is 10.0. The fraction of sp³-hybridized carbons (Fsp3) is 0.450. The molecule has 138 valence electrons. The lowest BCUT2D eigenvalue weighted by Crippen LogP contribution is -2.41. The molecular weight excluding hydrogens is 344 g/mol. The van der Waals surface area contributed by atoms with Crippen LogP contribution in [0.5, 0.6) is 0 Å². The number of aryl methyl sites for hydroxylation is 1. The molecule has 3 heterocycles. The average molecular weight is 371 g/mol. The highest BCUT2D eigenvalue weighted by molar-refractivity contribution is 7.12. The van der Waals surface area contributed by atoms with Gasteiger partial charge in [-0.3, -0.25) is 5.41 Å². The Morgan fingerprint density at radius 3 is 3.15 bits per heavy atom. The molecule has 1 fully saturated rings. The predicted molar refractivity (Wildman–Crippen MR) is 109 cm³/mol. The van der Waals surface area contributed by atoms with Gasteiger partial charge in [0.1, 0.15) is 5.84 Å². The van der Waals surface area contributed by atoms with E-state index < -0.39 is 0 Å². The Hall–Kier alpha value is -1.89. The Balaban J connectivity index is 1.41. The van der Waals surface area contributed by atoms with Crippen LogP contribution in [-0.2, 0) is 11.2 Å². The van der Waals surface area contributed by atoms with E-state index in [-0.39, 0.29) is 0 Å². The van der Waals surface area contributed by atoms with Gasteiger partial charge in [0.05, 0.1) is 17.6 Å². The van der Waals surface area contributed by atoms with Crippen molar-refractivity contribution in [1.29, 1.82) is 5.41 Å². The first-order valence-corrected chi connectivity index (χ1v) is 10.3. The van der Waals surface area contributed by atoms with Crippen molar-refractivity contribution in [2.75, 3.05) is 43.0 Å². The van der Waals surface area contributed by atoms with Crippen LogP contribution in [0.15, 0.2) is 35.7 Å². The van der Waals surface area contributed by atoms with Crippen molar-refractivity contribution in [3.8, 4) is 0 Å². The minimum absolute atomic E-state index is 0.335. The maximum Gasteiger partial charge on any atom is 0.140 e. The van der Waals surface area contributed by atoms with Gasteiger partial charge >= 0.3 is 0 Å². The number of ether oxygens (including phenoxy) is 1. The fourth-order valence-electron chi connectivity index (χ4n) is 3.72. The summed E-state index contributed by atoms with van der Waals surface area (Å²) < 4.78 is 5.83. The maximum atomic E-state index is 8.21. The van der Waals surface area contributed by atoms with Gasteiger partial charge in [0.25, 0.3) is 0 Å². The molecular formula is C20H26N4OS. The van der Waals surface area contributed by atoms with E-state index in [2.05, 4.69) is 33.7 Å². The van der Waals surface area contributed by atoms with Crippen LogP contribution in [0.25, 0.3) is 0 Å². The van der Waals surface area contributed by atoms with E-state index in [1.54, 1.807) is 11.3 Å². The number of nitrogens with zero attached hydrogens (tertiary/aromatic N) is 1. The first kappa shape index (κ1) is 17.5. The number of fused-ring (bicyclic) bond motifs is 1. The Kier molecular flexibility index (Phi) is 5.53. The number of hydrogen-bond donors (Lipinski definition) is 3. The minimum atomic E-state index is 0.335. The summed E-state index contributed by atoms with van der Waals surface area (Å²) in [6.07, 6.45) is 3.69. The number of anilines is 2. The van der Waals surface area contributed by atoms with Crippen molar-refractivity contribution in [1.82, 2.24) is 5.32 Å². The topological polar surface area (TPSA) is 60.4 Å². The summed E-state index contributed by atoms with van der Waals surface area (Å²) in [6.45, 7) is 4.92. The Morgan fingerprint density at radius 1 is 1.38 bits per heavy atom. The number of thiophene rings is 1. The molecule has 5 nitrogen and oxygen atoms in total. The van der Waals surface area contributed by atoms with E-state index in [4.69, 9.17) is 10.1 Å². The van der Waals surface area contributed by atoms with Crippen molar-refractivity contribution >= 4 is 28.5 Å². The third-order valence-electron chi connectivity index (χ3n) is 5.06. The Bertz CT molecular complexity index is 740. The Labute approximate surface area is 158 Å². The molecule has 0 aliphatic carbocycles. The van der Waals surface area contributed by atoms with Crippen LogP contribution in [0.3, 0.4) is 0 Å². The van der Waals surface area contributed by atoms with Gasteiger partial charge in [0.15, 0.2) is 0 Å². The molecule has 0 radical (unpaired) electrons. The second-order valence-corrected chi connectivity index (χ2v) is 7.84. The summed E-state index contributed by atoms with van der Waals surface area (Å²) in [5, 5.41) is 16.9. The van der Waals surface area contributed by atoms with Crippen molar-refractivity contribution in [3.05, 3.63) is 46.2 Å². The lowest BCUT2D eigenvalue weighted by molar-refractivity contribution is 0.0248. The van der Waals surface area contributed by atoms with E-state index in [1.807, 2.05) is 17.5 Å². The van der Waals surface area contributed by atoms with Gasteiger partial charge in [0, 0.05) is 37.6 Å². The van der Waals surface area contributed by atoms with Gasteiger partial charge in [0.2, 0.25) is 0 Å². The molecule has 0 bridgehead atoms. The maximum absolute atomic E-state index is 8.21. The lowest BCUT2D eigenvalue weighted by Gasteiger charge is -2.33. The summed E-state index contributed by atoms with van der Waals surface area (Å²) in [4.78, 5) is 3.45. The minimum Gasteiger partial charge on any atom is -0.376 e. The number of rotatable bonds is 5. The number of hydrogen-bond acceptors (Lipinski definition) is 5. The van der Waals surface area contributed by atoms with Crippen molar-refractivity contribution in [2.24, 2.45) is 0 Å². The van der Waals surface area contributed by atoms with Gasteiger partial charge in [-0.2, -0.15) is 0 Å². The second-order valence-electron chi connectivity index (χ2n) is 6.90. The third kappa shape index (κ3) is 4.09. The van der Waals surface area contributed by atoms with E-state index >= 15 is 0 Å². The summed E-state index contributed by atoms with van der Waals surface area (Å²) in [5.41, 5.74) is 3.72. The summed E-state index contributed by atoms with van der Waals surface area (Å²) >= 11 is 1.59. The Morgan fingerprint density at radius 2 is 2.35 bits per heavy atom. The van der Waals surface area contributed by atoms with Gasteiger partial charge in [-0.15, -0.1) is 11.3 Å². The zero-order valence-corrected chi connectivity index (χ0v) is 15.8.